The van der Waals surface area contributed by atoms with E-state index in [1.165, 1.54) is 11.3 Å². The van der Waals surface area contributed by atoms with Gasteiger partial charge in [0.15, 0.2) is 0 Å². The van der Waals surface area contributed by atoms with Crippen molar-refractivity contribution < 1.29 is 19.1 Å². The van der Waals surface area contributed by atoms with Crippen molar-refractivity contribution in [3.63, 3.8) is 0 Å². The first kappa shape index (κ1) is 20.2. The summed E-state index contributed by atoms with van der Waals surface area (Å²) in [5, 5.41) is 1.00. The third kappa shape index (κ3) is 2.71. The number of ether oxygens (including phenoxy) is 1. The lowest BCUT2D eigenvalue weighted by molar-refractivity contribution is -0.153. The molecule has 10 heteroatoms. The van der Waals surface area contributed by atoms with E-state index in [0.717, 1.165) is 26.8 Å². The van der Waals surface area contributed by atoms with E-state index >= 15 is 0 Å². The minimum atomic E-state index is -0.554. The zero-order valence-electron chi connectivity index (χ0n) is 17.2. The van der Waals surface area contributed by atoms with E-state index in [2.05, 4.69) is 9.97 Å². The fourth-order valence-corrected chi connectivity index (χ4v) is 9.39. The Morgan fingerprint density at radius 3 is 2.75 bits per heavy atom. The van der Waals surface area contributed by atoms with Gasteiger partial charge in [-0.25, -0.2) is 0 Å². The van der Waals surface area contributed by atoms with Gasteiger partial charge in [-0.2, -0.15) is 0 Å². The second-order valence-corrected chi connectivity index (χ2v) is 11.0. The molecule has 2 aromatic rings. The number of carbonyl (C=O) groups excluding carboxylic acids is 3. The van der Waals surface area contributed by atoms with E-state index in [1.54, 1.807) is 24.9 Å². The van der Waals surface area contributed by atoms with Crippen molar-refractivity contribution in [3.8, 4) is 0 Å². The Morgan fingerprint density at radius 2 is 2.03 bits per heavy atom. The molecule has 0 radical (unpaired) electrons. The average molecular weight is 472 g/mol. The van der Waals surface area contributed by atoms with Crippen LogP contribution in [0.1, 0.15) is 29.7 Å². The lowest BCUT2D eigenvalue weighted by Crippen LogP contribution is -2.42. The van der Waals surface area contributed by atoms with Crippen molar-refractivity contribution in [3.05, 3.63) is 44.6 Å². The lowest BCUT2D eigenvalue weighted by Gasteiger charge is -2.42. The number of carbonyl (C=O) groups is 3. The maximum atomic E-state index is 13.3. The first-order valence-corrected chi connectivity index (χ1v) is 12.5. The molecular weight excluding hydrogens is 450 g/mol. The van der Waals surface area contributed by atoms with Crippen LogP contribution in [0.5, 0.6) is 0 Å². The summed E-state index contributed by atoms with van der Waals surface area (Å²) in [7, 11) is 0. The largest absolute Gasteiger partial charge is 0.465 e. The number of aromatic nitrogens is 2. The number of imide groups is 1. The van der Waals surface area contributed by atoms with E-state index in [-0.39, 0.29) is 58.8 Å². The van der Waals surface area contributed by atoms with Crippen LogP contribution in [0.15, 0.2) is 34.3 Å². The van der Waals surface area contributed by atoms with Crippen molar-refractivity contribution in [2.24, 2.45) is 29.6 Å². The first-order valence-electron chi connectivity index (χ1n) is 10.8. The van der Waals surface area contributed by atoms with Crippen molar-refractivity contribution in [1.29, 1.82) is 0 Å². The third-order valence-corrected chi connectivity index (χ3v) is 10.0. The van der Waals surface area contributed by atoms with Gasteiger partial charge in [0.25, 0.3) is 0 Å². The number of aromatic amines is 1. The molecule has 6 rings (SSSR count). The number of H-pyrrole nitrogens is 1. The Hall–Kier alpha value is -2.46. The van der Waals surface area contributed by atoms with Crippen LogP contribution in [0.4, 0.5) is 0 Å². The minimum Gasteiger partial charge on any atom is -0.465 e. The van der Waals surface area contributed by atoms with Crippen LogP contribution in [-0.2, 0) is 19.1 Å². The van der Waals surface area contributed by atoms with Gasteiger partial charge >= 0.3 is 10.8 Å². The topological polar surface area (TPSA) is 109 Å². The number of nitrogens with one attached hydrogen (secondary N) is 1. The summed E-state index contributed by atoms with van der Waals surface area (Å²) in [6.45, 7) is 1.60. The fraction of sp³-hybridized carbons (Fsp3) is 0.500. The molecule has 1 N–H and O–H groups in total. The van der Waals surface area contributed by atoms with E-state index in [0.29, 0.717) is 0 Å². The maximum Gasteiger partial charge on any atom is 0.326 e. The molecule has 6 unspecified atom stereocenters. The number of hydrogen-bond donors (Lipinski definition) is 1. The van der Waals surface area contributed by atoms with Crippen LogP contribution in [0.25, 0.3) is 0 Å². The number of thioether (sulfide) groups is 1. The molecule has 2 aliphatic heterocycles. The molecule has 32 heavy (non-hydrogen) atoms. The number of thiazole rings is 1. The molecule has 2 aromatic heterocycles. The molecule has 4 aliphatic rings. The number of likely N-dealkylation sites (tertiary alicyclic amines) is 1. The quantitative estimate of drug-likeness (QED) is 0.535. The molecule has 1 saturated heterocycles. The van der Waals surface area contributed by atoms with Gasteiger partial charge in [-0.05, 0) is 42.7 Å². The highest BCUT2D eigenvalue weighted by molar-refractivity contribution is 8.00. The van der Waals surface area contributed by atoms with Crippen LogP contribution in [-0.4, -0.2) is 51.1 Å². The Morgan fingerprint density at radius 1 is 1.25 bits per heavy atom. The van der Waals surface area contributed by atoms with Gasteiger partial charge in [0.05, 0.1) is 23.5 Å². The molecular formula is C22H21N3O5S2. The predicted octanol–water partition coefficient (Wildman–Crippen LogP) is 1.87. The highest BCUT2D eigenvalue weighted by atomic mass is 32.2. The van der Waals surface area contributed by atoms with Crippen LogP contribution in [0.2, 0.25) is 0 Å². The number of rotatable bonds is 4. The molecule has 2 amide bonds. The zero-order valence-corrected chi connectivity index (χ0v) is 18.9. The van der Waals surface area contributed by atoms with Gasteiger partial charge in [0.2, 0.25) is 11.8 Å². The van der Waals surface area contributed by atoms with Gasteiger partial charge in [-0.1, -0.05) is 17.4 Å². The molecule has 0 aromatic carbocycles. The van der Waals surface area contributed by atoms with Gasteiger partial charge in [-0.15, -0.1) is 11.8 Å². The van der Waals surface area contributed by atoms with Crippen molar-refractivity contribution in [2.75, 3.05) is 13.2 Å². The lowest BCUT2D eigenvalue weighted by atomic mass is 9.68. The highest BCUT2D eigenvalue weighted by Gasteiger charge is 2.69. The zero-order chi connectivity index (χ0) is 22.1. The Kier molecular flexibility index (Phi) is 4.59. The Labute approximate surface area is 191 Å². The smallest absolute Gasteiger partial charge is 0.326 e. The second-order valence-electron chi connectivity index (χ2n) is 8.81. The summed E-state index contributed by atoms with van der Waals surface area (Å²) < 4.78 is 4.98. The molecule has 166 valence electrons. The van der Waals surface area contributed by atoms with E-state index in [4.69, 9.17) is 4.74 Å². The number of pyridine rings is 1. The third-order valence-electron chi connectivity index (χ3n) is 7.45. The number of nitrogens with zero attached hydrogens (tertiary/aromatic N) is 2. The number of esters is 1. The second kappa shape index (κ2) is 7.28. The van der Waals surface area contributed by atoms with Gasteiger partial charge < -0.3 is 9.72 Å². The molecule has 7 atom stereocenters. The molecule has 2 saturated carbocycles. The first-order chi connectivity index (χ1) is 15.5. The number of hydrogen-bond acceptors (Lipinski definition) is 8. The highest BCUT2D eigenvalue weighted by Crippen LogP contribution is 2.68. The van der Waals surface area contributed by atoms with Crippen LogP contribution in [0, 0.1) is 29.6 Å². The average Bonchev–Trinajstić information content (AvgIpc) is 3.50. The standard InChI is InChI=1S/C22H21N3O5S2/c1-2-30-12(26)8-25-20(27)15-10-6-11(16(15)21(25)28)17-14(10)13(9-4-3-5-23-7-9)18-19(31-17)24-22(29)32-18/h3-5,7,10-11,13-17H,2,6,8H2,1H3,(H,24,29)/t10?,11?,13-,14?,15?,16?,17?/m1/s1. The van der Waals surface area contributed by atoms with Crippen molar-refractivity contribution in [1.82, 2.24) is 14.9 Å². The SMILES string of the molecule is CCOC(=O)CN1C(=O)C2C3CC(C2C1=O)C1C3Sc2[nH]c(=O)sc2[C@@H]1c1cccnc1. The minimum absolute atomic E-state index is 0.0294. The number of fused-ring (bicyclic) bond motifs is 9. The molecule has 8 nitrogen and oxygen atoms in total. The van der Waals surface area contributed by atoms with Crippen LogP contribution >= 0.6 is 23.1 Å². The van der Waals surface area contributed by atoms with E-state index < -0.39 is 17.8 Å². The molecule has 2 bridgehead atoms. The molecule has 2 aliphatic carbocycles. The van der Waals surface area contributed by atoms with E-state index in [9.17, 15) is 19.2 Å². The molecule has 3 fully saturated rings. The van der Waals surface area contributed by atoms with E-state index in [1.807, 2.05) is 18.3 Å². The van der Waals surface area contributed by atoms with Gasteiger partial charge in [0, 0.05) is 28.4 Å². The summed E-state index contributed by atoms with van der Waals surface area (Å²) in [6.07, 6.45) is 4.38. The molecule has 0 spiro atoms. The summed E-state index contributed by atoms with van der Waals surface area (Å²) in [6, 6.07) is 3.92. The van der Waals surface area contributed by atoms with Crippen LogP contribution < -0.4 is 4.87 Å². The predicted molar refractivity (Wildman–Crippen MR) is 116 cm³/mol. The maximum absolute atomic E-state index is 13.3. The number of amides is 2. The molecule has 4 heterocycles. The fourth-order valence-electron chi connectivity index (χ4n) is 6.50. The summed E-state index contributed by atoms with van der Waals surface area (Å²) in [5.74, 6) is -1.68. The summed E-state index contributed by atoms with van der Waals surface area (Å²) in [5.41, 5.74) is 1.03. The van der Waals surface area contributed by atoms with Crippen molar-refractivity contribution in [2.45, 2.75) is 29.5 Å². The monoisotopic (exact) mass is 471 g/mol. The Bertz CT molecular complexity index is 1180. The Balaban J connectivity index is 1.39. The van der Waals surface area contributed by atoms with Gasteiger partial charge in [-0.3, -0.25) is 29.1 Å². The van der Waals surface area contributed by atoms with Gasteiger partial charge in [0.1, 0.15) is 6.54 Å². The normalized spacial score (nSPS) is 34.4. The summed E-state index contributed by atoms with van der Waals surface area (Å²) >= 11 is 2.87. The van der Waals surface area contributed by atoms with Crippen LogP contribution in [0.3, 0.4) is 0 Å². The van der Waals surface area contributed by atoms with Crippen molar-refractivity contribution >= 4 is 40.9 Å². The summed E-state index contributed by atoms with van der Waals surface area (Å²) in [4.78, 5) is 60.1.